The van der Waals surface area contributed by atoms with E-state index in [9.17, 15) is 14.2 Å². The Hall–Kier alpha value is -0.950. The summed E-state index contributed by atoms with van der Waals surface area (Å²) in [6.45, 7) is 3.46. The van der Waals surface area contributed by atoms with Crippen LogP contribution in [-0.2, 0) is 28.2 Å². The summed E-state index contributed by atoms with van der Waals surface area (Å²) in [5.74, 6) is -0.908. The highest BCUT2D eigenvalue weighted by molar-refractivity contribution is 7.46. The summed E-state index contributed by atoms with van der Waals surface area (Å²) < 4.78 is 25.7. The van der Waals surface area contributed by atoms with Gasteiger partial charge >= 0.3 is 19.8 Å². The SMILES string of the molecule is CCCCCCCCCC(=O)O[C@H](COC(=O)CCCCCCC)COP(=O)(O)O. The number of rotatable bonds is 20. The lowest BCUT2D eigenvalue weighted by molar-refractivity contribution is -0.161. The number of carbonyl (C=O) groups excluding carboxylic acids is 2. The third-order valence-electron chi connectivity index (χ3n) is 4.63. The number of esters is 2. The second kappa shape index (κ2) is 18.8. The number of unbranched alkanes of at least 4 members (excludes halogenated alkanes) is 10. The molecule has 0 aromatic carbocycles. The van der Waals surface area contributed by atoms with E-state index in [4.69, 9.17) is 19.3 Å². The smallest absolute Gasteiger partial charge is 0.462 e. The van der Waals surface area contributed by atoms with Crippen molar-refractivity contribution >= 4 is 19.8 Å². The molecule has 178 valence electrons. The van der Waals surface area contributed by atoms with Crippen LogP contribution in [0.25, 0.3) is 0 Å². The maximum absolute atomic E-state index is 12.0. The summed E-state index contributed by atoms with van der Waals surface area (Å²) >= 11 is 0. The van der Waals surface area contributed by atoms with Gasteiger partial charge in [0.1, 0.15) is 6.61 Å². The molecule has 0 rings (SSSR count). The zero-order valence-corrected chi connectivity index (χ0v) is 19.6. The minimum Gasteiger partial charge on any atom is -0.462 e. The molecular weight excluding hydrogens is 411 g/mol. The van der Waals surface area contributed by atoms with Gasteiger partial charge in [-0.3, -0.25) is 14.1 Å². The highest BCUT2D eigenvalue weighted by atomic mass is 31.2. The molecular formula is C21H41O8P. The molecule has 0 heterocycles. The first kappa shape index (κ1) is 29.1. The van der Waals surface area contributed by atoms with Gasteiger partial charge in [-0.2, -0.15) is 0 Å². The van der Waals surface area contributed by atoms with Crippen molar-refractivity contribution in [3.05, 3.63) is 0 Å². The Kier molecular flexibility index (Phi) is 18.2. The molecule has 0 saturated heterocycles. The fourth-order valence-electron chi connectivity index (χ4n) is 2.90. The number of phosphoric acid groups is 1. The second-order valence-corrected chi connectivity index (χ2v) is 8.86. The molecule has 0 fully saturated rings. The molecule has 0 aromatic heterocycles. The van der Waals surface area contributed by atoms with Crippen LogP contribution in [0.15, 0.2) is 0 Å². The first-order valence-corrected chi connectivity index (χ1v) is 12.9. The zero-order chi connectivity index (χ0) is 22.7. The van der Waals surface area contributed by atoms with Crippen LogP contribution < -0.4 is 0 Å². The largest absolute Gasteiger partial charge is 0.469 e. The minimum absolute atomic E-state index is 0.214. The normalized spacial score (nSPS) is 12.5. The van der Waals surface area contributed by atoms with Crippen LogP contribution in [0.2, 0.25) is 0 Å². The summed E-state index contributed by atoms with van der Waals surface area (Å²) in [6, 6.07) is 0. The molecule has 0 bridgehead atoms. The van der Waals surface area contributed by atoms with Gasteiger partial charge in [-0.25, -0.2) is 4.57 Å². The van der Waals surface area contributed by atoms with E-state index < -0.39 is 32.5 Å². The second-order valence-electron chi connectivity index (χ2n) is 7.62. The number of hydrogen-bond donors (Lipinski definition) is 2. The lowest BCUT2D eigenvalue weighted by Crippen LogP contribution is -2.29. The molecule has 0 amide bonds. The molecule has 0 aromatic rings. The molecule has 0 aliphatic rings. The van der Waals surface area contributed by atoms with Crippen molar-refractivity contribution in [1.29, 1.82) is 0 Å². The van der Waals surface area contributed by atoms with Gasteiger partial charge in [0.2, 0.25) is 0 Å². The molecule has 8 nitrogen and oxygen atoms in total. The van der Waals surface area contributed by atoms with Crippen molar-refractivity contribution in [3.63, 3.8) is 0 Å². The Balaban J connectivity index is 4.21. The molecule has 0 aliphatic heterocycles. The number of ether oxygens (including phenoxy) is 2. The lowest BCUT2D eigenvalue weighted by Gasteiger charge is -2.18. The van der Waals surface area contributed by atoms with E-state index >= 15 is 0 Å². The van der Waals surface area contributed by atoms with Crippen molar-refractivity contribution < 1.29 is 37.9 Å². The first-order valence-electron chi connectivity index (χ1n) is 11.3. The topological polar surface area (TPSA) is 119 Å². The standard InChI is InChI=1S/C21H41O8P/c1-3-5-7-9-10-12-14-16-21(23)29-19(18-28-30(24,25)26)17-27-20(22)15-13-11-8-6-4-2/h19H,3-18H2,1-2H3,(H2,24,25,26)/t19-/m1/s1. The molecule has 1 atom stereocenters. The lowest BCUT2D eigenvalue weighted by atomic mass is 10.1. The van der Waals surface area contributed by atoms with Crippen molar-refractivity contribution in [1.82, 2.24) is 0 Å². The Morgan fingerprint density at radius 1 is 0.733 bits per heavy atom. The van der Waals surface area contributed by atoms with Crippen LogP contribution in [0.4, 0.5) is 0 Å². The van der Waals surface area contributed by atoms with Crippen LogP contribution in [0, 0.1) is 0 Å². The van der Waals surface area contributed by atoms with E-state index in [1.54, 1.807) is 0 Å². The van der Waals surface area contributed by atoms with Crippen LogP contribution in [-0.4, -0.2) is 41.0 Å². The van der Waals surface area contributed by atoms with E-state index in [0.717, 1.165) is 51.4 Å². The molecule has 30 heavy (non-hydrogen) atoms. The van der Waals surface area contributed by atoms with Gasteiger partial charge in [0, 0.05) is 12.8 Å². The van der Waals surface area contributed by atoms with Gasteiger partial charge in [-0.15, -0.1) is 0 Å². The molecule has 0 saturated carbocycles. The van der Waals surface area contributed by atoms with Crippen LogP contribution in [0.5, 0.6) is 0 Å². The predicted molar refractivity (Wildman–Crippen MR) is 115 cm³/mol. The van der Waals surface area contributed by atoms with Gasteiger partial charge in [-0.1, -0.05) is 78.1 Å². The van der Waals surface area contributed by atoms with Gasteiger partial charge in [0.05, 0.1) is 6.61 Å². The van der Waals surface area contributed by atoms with Crippen molar-refractivity contribution in [2.75, 3.05) is 13.2 Å². The van der Waals surface area contributed by atoms with Gasteiger partial charge < -0.3 is 19.3 Å². The maximum atomic E-state index is 12.0. The predicted octanol–water partition coefficient (Wildman–Crippen LogP) is 5.05. The summed E-state index contributed by atoms with van der Waals surface area (Å²) in [4.78, 5) is 41.6. The summed E-state index contributed by atoms with van der Waals surface area (Å²) in [5.41, 5.74) is 0. The highest BCUT2D eigenvalue weighted by Gasteiger charge is 2.22. The molecule has 9 heteroatoms. The fourth-order valence-corrected chi connectivity index (χ4v) is 3.26. The number of carbonyl (C=O) groups is 2. The summed E-state index contributed by atoms with van der Waals surface area (Å²) in [7, 11) is -4.71. The minimum atomic E-state index is -4.71. The number of hydrogen-bond acceptors (Lipinski definition) is 6. The number of phosphoric ester groups is 1. The molecule has 0 radical (unpaired) electrons. The quantitative estimate of drug-likeness (QED) is 0.150. The fraction of sp³-hybridized carbons (Fsp3) is 0.905. The van der Waals surface area contributed by atoms with Crippen LogP contribution >= 0.6 is 7.82 Å². The summed E-state index contributed by atoms with van der Waals surface area (Å²) in [5, 5.41) is 0. The monoisotopic (exact) mass is 452 g/mol. The van der Waals surface area contributed by atoms with Gasteiger partial charge in [0.25, 0.3) is 0 Å². The van der Waals surface area contributed by atoms with E-state index in [0.29, 0.717) is 6.42 Å². The average Bonchev–Trinajstić information content (AvgIpc) is 2.68. The van der Waals surface area contributed by atoms with Gasteiger partial charge in [-0.05, 0) is 12.8 Å². The van der Waals surface area contributed by atoms with E-state index in [-0.39, 0.29) is 19.4 Å². The Labute approximate surface area is 181 Å². The van der Waals surface area contributed by atoms with Gasteiger partial charge in [0.15, 0.2) is 6.10 Å². The highest BCUT2D eigenvalue weighted by Crippen LogP contribution is 2.35. The Bertz CT molecular complexity index is 491. The maximum Gasteiger partial charge on any atom is 0.469 e. The van der Waals surface area contributed by atoms with Crippen LogP contribution in [0.1, 0.15) is 104 Å². The molecule has 0 aliphatic carbocycles. The third kappa shape index (κ3) is 20.3. The first-order chi connectivity index (χ1) is 14.3. The van der Waals surface area contributed by atoms with Crippen molar-refractivity contribution in [2.24, 2.45) is 0 Å². The van der Waals surface area contributed by atoms with Crippen LogP contribution in [0.3, 0.4) is 0 Å². The Morgan fingerprint density at radius 2 is 1.20 bits per heavy atom. The van der Waals surface area contributed by atoms with Crippen molar-refractivity contribution in [2.45, 2.75) is 110 Å². The summed E-state index contributed by atoms with van der Waals surface area (Å²) in [6.07, 6.45) is 11.9. The Morgan fingerprint density at radius 3 is 1.70 bits per heavy atom. The van der Waals surface area contributed by atoms with E-state index in [1.165, 1.54) is 19.3 Å². The molecule has 0 spiro atoms. The zero-order valence-electron chi connectivity index (χ0n) is 18.7. The molecule has 2 N–H and O–H groups in total. The third-order valence-corrected chi connectivity index (χ3v) is 5.11. The molecule has 0 unspecified atom stereocenters. The average molecular weight is 453 g/mol. The van der Waals surface area contributed by atoms with E-state index in [2.05, 4.69) is 18.4 Å². The van der Waals surface area contributed by atoms with E-state index in [1.807, 2.05) is 0 Å². The van der Waals surface area contributed by atoms with Crippen molar-refractivity contribution in [3.8, 4) is 0 Å².